The van der Waals surface area contributed by atoms with Crippen LogP contribution in [0.25, 0.3) is 0 Å². The molecule has 0 amide bonds. The van der Waals surface area contributed by atoms with Gasteiger partial charge in [0.25, 0.3) is 0 Å². The Kier molecular flexibility index (Phi) is 39.4. The maximum Gasteiger partial charge on any atom is 1.00 e. The third-order valence-corrected chi connectivity index (χ3v) is 7.57. The Labute approximate surface area is 249 Å². The second-order valence-corrected chi connectivity index (χ2v) is 12.6. The zero-order valence-electron chi connectivity index (χ0n) is 24.2. The van der Waals surface area contributed by atoms with Gasteiger partial charge in [-0.2, -0.15) is 0 Å². The van der Waals surface area contributed by atoms with E-state index in [0.717, 1.165) is 32.1 Å². The van der Waals surface area contributed by atoms with Crippen molar-refractivity contribution in [1.82, 2.24) is 0 Å². The van der Waals surface area contributed by atoms with Crippen LogP contribution in [0.5, 0.6) is 0 Å². The van der Waals surface area contributed by atoms with E-state index in [1.165, 1.54) is 96.3 Å². The summed E-state index contributed by atoms with van der Waals surface area (Å²) in [7, 11) is -7.96. The molecule has 0 N–H and O–H groups in total. The maximum absolute atomic E-state index is 10.4. The van der Waals surface area contributed by atoms with Crippen molar-refractivity contribution in [2.45, 2.75) is 155 Å². The number of hydrogen-bond donors (Lipinski definition) is 0. The molecule has 0 saturated carbocycles. The van der Waals surface area contributed by atoms with Gasteiger partial charge in [-0.05, 0) is 12.8 Å². The van der Waals surface area contributed by atoms with Crippen molar-refractivity contribution >= 4 is 20.2 Å². The molecular formula is C26H54Li2O6S2. The Morgan fingerprint density at radius 3 is 0.694 bits per heavy atom. The summed E-state index contributed by atoms with van der Waals surface area (Å²) < 4.78 is 61.8. The van der Waals surface area contributed by atoms with Gasteiger partial charge < -0.3 is 9.11 Å². The average Bonchev–Trinajstić information content (AvgIpc) is 2.75. The van der Waals surface area contributed by atoms with Gasteiger partial charge in [0, 0.05) is 11.5 Å². The predicted molar refractivity (Wildman–Crippen MR) is 142 cm³/mol. The molecule has 0 saturated heterocycles. The van der Waals surface area contributed by atoms with Gasteiger partial charge in [-0.25, -0.2) is 16.8 Å². The Balaban J connectivity index is -0.000000313. The van der Waals surface area contributed by atoms with Gasteiger partial charge in [0.05, 0.1) is 20.2 Å². The number of unbranched alkanes of at least 4 members (excludes halogenated alkanes) is 20. The molecule has 0 aliphatic heterocycles. The molecule has 0 atom stereocenters. The van der Waals surface area contributed by atoms with Gasteiger partial charge >= 0.3 is 37.7 Å². The summed E-state index contributed by atoms with van der Waals surface area (Å²) in [6, 6.07) is 0. The topological polar surface area (TPSA) is 114 Å². The van der Waals surface area contributed by atoms with Crippen LogP contribution in [0.4, 0.5) is 0 Å². The SMILES string of the molecule is CCCCCCCCCCCCCCCCCCS(=O)(=O)[O-].CCCCCCCCS(=O)(=O)[O-].[Li+].[Li+]. The van der Waals surface area contributed by atoms with E-state index in [4.69, 9.17) is 0 Å². The van der Waals surface area contributed by atoms with Crippen molar-refractivity contribution in [3.63, 3.8) is 0 Å². The Morgan fingerprint density at radius 2 is 0.528 bits per heavy atom. The van der Waals surface area contributed by atoms with Gasteiger partial charge in [0.15, 0.2) is 0 Å². The second kappa shape index (κ2) is 32.2. The van der Waals surface area contributed by atoms with Crippen LogP contribution in [0.1, 0.15) is 155 Å². The normalized spacial score (nSPS) is 11.2. The fourth-order valence-electron chi connectivity index (χ4n) is 3.89. The van der Waals surface area contributed by atoms with Crippen LogP contribution in [0.15, 0.2) is 0 Å². The zero-order chi connectivity index (χ0) is 26.0. The summed E-state index contributed by atoms with van der Waals surface area (Å²) >= 11 is 0. The summed E-state index contributed by atoms with van der Waals surface area (Å²) in [4.78, 5) is 0. The van der Waals surface area contributed by atoms with Crippen molar-refractivity contribution in [1.29, 1.82) is 0 Å². The summed E-state index contributed by atoms with van der Waals surface area (Å²) in [5.74, 6) is -0.384. The van der Waals surface area contributed by atoms with Crippen LogP contribution in [-0.4, -0.2) is 37.4 Å². The van der Waals surface area contributed by atoms with Gasteiger partial charge in [0.1, 0.15) is 0 Å². The molecule has 10 heteroatoms. The first-order valence-corrected chi connectivity index (χ1v) is 17.1. The molecule has 6 nitrogen and oxygen atoms in total. The smallest absolute Gasteiger partial charge is 0.748 e. The molecule has 0 rings (SSSR count). The van der Waals surface area contributed by atoms with E-state index < -0.39 is 20.2 Å². The maximum atomic E-state index is 10.4. The molecule has 0 spiro atoms. The molecule has 0 unspecified atom stereocenters. The van der Waals surface area contributed by atoms with E-state index in [2.05, 4.69) is 13.8 Å². The van der Waals surface area contributed by atoms with Crippen LogP contribution in [0, 0.1) is 0 Å². The minimum Gasteiger partial charge on any atom is -0.748 e. The average molecular weight is 541 g/mol. The quantitative estimate of drug-likeness (QED) is 0.105. The molecule has 0 bridgehead atoms. The van der Waals surface area contributed by atoms with Crippen LogP contribution in [0.2, 0.25) is 0 Å². The van der Waals surface area contributed by atoms with Gasteiger partial charge in [-0.15, -0.1) is 0 Å². The largest absolute Gasteiger partial charge is 1.00 e. The Hall–Kier alpha value is 1.01. The van der Waals surface area contributed by atoms with E-state index in [1.54, 1.807) is 0 Å². The molecule has 0 aliphatic carbocycles. The molecule has 0 aliphatic rings. The summed E-state index contributed by atoms with van der Waals surface area (Å²) in [5.41, 5.74) is 0. The van der Waals surface area contributed by atoms with E-state index >= 15 is 0 Å². The van der Waals surface area contributed by atoms with Gasteiger partial charge in [0.2, 0.25) is 0 Å². The first-order valence-electron chi connectivity index (χ1n) is 14.0. The monoisotopic (exact) mass is 540 g/mol. The fourth-order valence-corrected chi connectivity index (χ4v) is 5.00. The van der Waals surface area contributed by atoms with Crippen molar-refractivity contribution < 1.29 is 63.7 Å². The minimum absolute atomic E-state index is 0. The van der Waals surface area contributed by atoms with E-state index in [-0.39, 0.29) is 49.2 Å². The predicted octanol–water partition coefficient (Wildman–Crippen LogP) is 1.69. The molecule has 0 aromatic heterocycles. The number of hydrogen-bond acceptors (Lipinski definition) is 6. The van der Waals surface area contributed by atoms with E-state index in [1.807, 2.05) is 0 Å². The first kappa shape index (κ1) is 44.0. The second-order valence-electron chi connectivity index (χ2n) is 9.59. The van der Waals surface area contributed by atoms with Crippen LogP contribution < -0.4 is 37.7 Å². The van der Waals surface area contributed by atoms with Crippen LogP contribution in [0.3, 0.4) is 0 Å². The summed E-state index contributed by atoms with van der Waals surface area (Å²) in [6.07, 6.45) is 26.0. The van der Waals surface area contributed by atoms with E-state index in [9.17, 15) is 25.9 Å². The van der Waals surface area contributed by atoms with Crippen LogP contribution >= 0.6 is 0 Å². The molecular weight excluding hydrogens is 486 g/mol. The van der Waals surface area contributed by atoms with Crippen LogP contribution in [-0.2, 0) is 20.2 Å². The first-order chi connectivity index (χ1) is 16.1. The van der Waals surface area contributed by atoms with Crippen molar-refractivity contribution in [2.75, 3.05) is 11.5 Å². The molecule has 208 valence electrons. The van der Waals surface area contributed by atoms with E-state index in [0.29, 0.717) is 12.8 Å². The fraction of sp³-hybridized carbons (Fsp3) is 1.00. The standard InChI is InChI=1S/C18H38O3S.C8H18O3S.2Li/c1-2-3-4-5-6-7-8-9-10-11-12-13-14-15-16-17-18-22(19,20)21;1-2-3-4-5-6-7-8-12(9,10)11;;/h2-18H2,1H3,(H,19,20,21);2-8H2,1H3,(H,9,10,11);;/q;;2*+1/p-2. The summed E-state index contributed by atoms with van der Waals surface area (Å²) in [6.45, 7) is 4.39. The summed E-state index contributed by atoms with van der Waals surface area (Å²) in [5, 5.41) is 0. The van der Waals surface area contributed by atoms with Gasteiger partial charge in [-0.3, -0.25) is 0 Å². The third-order valence-electron chi connectivity index (χ3n) is 6.00. The zero-order valence-corrected chi connectivity index (χ0v) is 25.9. The molecule has 0 radical (unpaired) electrons. The molecule has 36 heavy (non-hydrogen) atoms. The Morgan fingerprint density at radius 1 is 0.361 bits per heavy atom. The third kappa shape index (κ3) is 48.1. The molecule has 0 aromatic rings. The minimum atomic E-state index is -3.99. The molecule has 0 fully saturated rings. The van der Waals surface area contributed by atoms with Crippen molar-refractivity contribution in [2.24, 2.45) is 0 Å². The Bertz CT molecular complexity index is 614. The number of rotatable bonds is 24. The molecule has 0 aromatic carbocycles. The van der Waals surface area contributed by atoms with Crippen molar-refractivity contribution in [3.05, 3.63) is 0 Å². The van der Waals surface area contributed by atoms with Gasteiger partial charge in [-0.1, -0.05) is 142 Å². The van der Waals surface area contributed by atoms with Crippen molar-refractivity contribution in [3.8, 4) is 0 Å². The molecule has 0 heterocycles.